The maximum Gasteiger partial charge on any atom is 0.155 e. The number of hydrogen-bond acceptors (Lipinski definition) is 3. The maximum atomic E-state index is 6.38. The lowest BCUT2D eigenvalue weighted by atomic mass is 9.84. The third-order valence-corrected chi connectivity index (χ3v) is 4.23. The van der Waals surface area contributed by atoms with Gasteiger partial charge in [-0.25, -0.2) is 4.98 Å². The topological polar surface area (TPSA) is 39.1 Å². The number of nitrogens with zero attached hydrogens (tertiary/aromatic N) is 2. The van der Waals surface area contributed by atoms with Crippen molar-refractivity contribution in [1.82, 2.24) is 14.9 Å². The molecule has 3 heterocycles. The smallest absolute Gasteiger partial charge is 0.155 e. The molecule has 0 unspecified atom stereocenters. The highest BCUT2D eigenvalue weighted by molar-refractivity contribution is 5.72. The molecule has 2 aliphatic heterocycles. The minimum absolute atomic E-state index is 0.240. The van der Waals surface area contributed by atoms with Gasteiger partial charge in [-0.15, -0.1) is 0 Å². The van der Waals surface area contributed by atoms with Crippen LogP contribution in [0, 0.1) is 0 Å². The molecule has 4 heteroatoms. The van der Waals surface area contributed by atoms with Crippen LogP contribution >= 0.6 is 0 Å². The summed E-state index contributed by atoms with van der Waals surface area (Å²) in [5.41, 5.74) is 3.23. The SMILES string of the molecule is Cn1cnc2c1-c1ccccc1OC21CCNCC1. The highest BCUT2D eigenvalue weighted by atomic mass is 16.5. The number of benzene rings is 1. The Kier molecular flexibility index (Phi) is 2.23. The van der Waals surface area contributed by atoms with Crippen LogP contribution in [0.3, 0.4) is 0 Å². The van der Waals surface area contributed by atoms with Crippen molar-refractivity contribution in [2.75, 3.05) is 13.1 Å². The van der Waals surface area contributed by atoms with Crippen LogP contribution in [0.2, 0.25) is 0 Å². The van der Waals surface area contributed by atoms with Crippen molar-refractivity contribution in [3.05, 3.63) is 36.3 Å². The summed E-state index contributed by atoms with van der Waals surface area (Å²) in [6.45, 7) is 1.97. The number of para-hydroxylation sites is 1. The van der Waals surface area contributed by atoms with E-state index >= 15 is 0 Å². The molecule has 1 aromatic heterocycles. The van der Waals surface area contributed by atoms with Crippen molar-refractivity contribution >= 4 is 0 Å². The van der Waals surface area contributed by atoms with E-state index in [4.69, 9.17) is 4.74 Å². The second-order valence-electron chi connectivity index (χ2n) is 5.40. The number of aromatic nitrogens is 2. The first-order valence-corrected chi connectivity index (χ1v) is 6.81. The summed E-state index contributed by atoms with van der Waals surface area (Å²) in [4.78, 5) is 4.64. The second-order valence-corrected chi connectivity index (χ2v) is 5.40. The molecule has 0 radical (unpaired) electrons. The van der Waals surface area contributed by atoms with E-state index in [0.717, 1.165) is 42.9 Å². The number of rotatable bonds is 0. The molecule has 2 aliphatic rings. The van der Waals surface area contributed by atoms with Crippen LogP contribution in [-0.4, -0.2) is 22.6 Å². The highest BCUT2D eigenvalue weighted by Crippen LogP contribution is 2.47. The normalized spacial score (nSPS) is 19.6. The molecule has 1 N–H and O–H groups in total. The summed E-state index contributed by atoms with van der Waals surface area (Å²) < 4.78 is 8.50. The molecule has 2 aromatic rings. The first-order chi connectivity index (χ1) is 9.30. The van der Waals surface area contributed by atoms with E-state index in [0.29, 0.717) is 0 Å². The van der Waals surface area contributed by atoms with Crippen molar-refractivity contribution in [2.45, 2.75) is 18.4 Å². The van der Waals surface area contributed by atoms with Crippen molar-refractivity contribution in [3.63, 3.8) is 0 Å². The van der Waals surface area contributed by atoms with Gasteiger partial charge in [0.05, 0.1) is 12.0 Å². The molecule has 0 bridgehead atoms. The van der Waals surface area contributed by atoms with Gasteiger partial charge in [-0.2, -0.15) is 0 Å². The Morgan fingerprint density at radius 3 is 2.89 bits per heavy atom. The second kappa shape index (κ2) is 3.84. The molecule has 0 atom stereocenters. The molecular weight excluding hydrogens is 238 g/mol. The third kappa shape index (κ3) is 1.46. The van der Waals surface area contributed by atoms with Crippen LogP contribution in [0.4, 0.5) is 0 Å². The predicted molar refractivity (Wildman–Crippen MR) is 73.1 cm³/mol. The summed E-state index contributed by atoms with van der Waals surface area (Å²) in [6, 6.07) is 8.27. The summed E-state index contributed by atoms with van der Waals surface area (Å²) in [7, 11) is 2.06. The van der Waals surface area contributed by atoms with Gasteiger partial charge >= 0.3 is 0 Å². The number of fused-ring (bicyclic) bond motifs is 4. The molecule has 0 saturated carbocycles. The molecule has 1 aromatic carbocycles. The van der Waals surface area contributed by atoms with E-state index in [-0.39, 0.29) is 5.60 Å². The Balaban J connectivity index is 1.96. The zero-order valence-electron chi connectivity index (χ0n) is 11.0. The van der Waals surface area contributed by atoms with Gasteiger partial charge in [0.1, 0.15) is 11.4 Å². The lowest BCUT2D eigenvalue weighted by Gasteiger charge is -2.40. The average Bonchev–Trinajstić information content (AvgIpc) is 2.84. The van der Waals surface area contributed by atoms with Gasteiger partial charge in [-0.3, -0.25) is 0 Å². The van der Waals surface area contributed by atoms with Crippen molar-refractivity contribution < 1.29 is 4.74 Å². The zero-order valence-corrected chi connectivity index (χ0v) is 11.0. The summed E-state index contributed by atoms with van der Waals surface area (Å²) in [5.74, 6) is 0.987. The fourth-order valence-electron chi connectivity index (χ4n) is 3.26. The summed E-state index contributed by atoms with van der Waals surface area (Å²) in [5, 5.41) is 3.40. The van der Waals surface area contributed by atoms with Crippen LogP contribution in [0.1, 0.15) is 18.5 Å². The van der Waals surface area contributed by atoms with Crippen LogP contribution in [-0.2, 0) is 12.6 Å². The third-order valence-electron chi connectivity index (χ3n) is 4.23. The molecule has 0 aliphatic carbocycles. The average molecular weight is 255 g/mol. The fraction of sp³-hybridized carbons (Fsp3) is 0.400. The number of nitrogens with one attached hydrogen (secondary N) is 1. The van der Waals surface area contributed by atoms with E-state index in [1.165, 1.54) is 5.69 Å². The van der Waals surface area contributed by atoms with Gasteiger partial charge in [-0.1, -0.05) is 12.1 Å². The number of aryl methyl sites for hydroxylation is 1. The molecule has 0 amide bonds. The van der Waals surface area contributed by atoms with Crippen LogP contribution < -0.4 is 10.1 Å². The predicted octanol–water partition coefficient (Wildman–Crippen LogP) is 2.06. The Morgan fingerprint density at radius 1 is 1.26 bits per heavy atom. The van der Waals surface area contributed by atoms with E-state index in [1.807, 2.05) is 12.4 Å². The minimum Gasteiger partial charge on any atom is -0.480 e. The zero-order chi connectivity index (χ0) is 12.9. The van der Waals surface area contributed by atoms with Gasteiger partial charge in [0.25, 0.3) is 0 Å². The van der Waals surface area contributed by atoms with Crippen molar-refractivity contribution in [3.8, 4) is 17.0 Å². The van der Waals surface area contributed by atoms with Crippen LogP contribution in [0.5, 0.6) is 5.75 Å². The maximum absolute atomic E-state index is 6.38. The summed E-state index contributed by atoms with van der Waals surface area (Å²) in [6.07, 6.45) is 3.86. The Hall–Kier alpha value is -1.81. The quantitative estimate of drug-likeness (QED) is 0.783. The molecule has 4 rings (SSSR count). The molecule has 19 heavy (non-hydrogen) atoms. The molecule has 1 fully saturated rings. The first kappa shape index (κ1) is 11.1. The van der Waals surface area contributed by atoms with Gasteiger partial charge in [-0.05, 0) is 25.2 Å². The van der Waals surface area contributed by atoms with E-state index in [2.05, 4.69) is 40.1 Å². The monoisotopic (exact) mass is 255 g/mol. The summed E-state index contributed by atoms with van der Waals surface area (Å²) >= 11 is 0. The fourth-order valence-corrected chi connectivity index (χ4v) is 3.26. The van der Waals surface area contributed by atoms with Crippen molar-refractivity contribution in [2.24, 2.45) is 7.05 Å². The van der Waals surface area contributed by atoms with E-state index in [9.17, 15) is 0 Å². The molecular formula is C15H17N3O. The number of piperidine rings is 1. The Bertz CT molecular complexity index is 626. The molecule has 4 nitrogen and oxygen atoms in total. The first-order valence-electron chi connectivity index (χ1n) is 6.81. The van der Waals surface area contributed by atoms with E-state index < -0.39 is 0 Å². The highest BCUT2D eigenvalue weighted by Gasteiger charge is 2.44. The number of ether oxygens (including phenoxy) is 1. The molecule has 98 valence electrons. The van der Waals surface area contributed by atoms with Crippen LogP contribution in [0.15, 0.2) is 30.6 Å². The van der Waals surface area contributed by atoms with E-state index in [1.54, 1.807) is 0 Å². The Labute approximate surface area is 112 Å². The standard InChI is InChI=1S/C15H17N3O/c1-18-10-17-14-13(18)11-4-2-3-5-12(11)19-15(14)6-8-16-9-7-15/h2-5,10,16H,6-9H2,1H3. The Morgan fingerprint density at radius 2 is 2.05 bits per heavy atom. The minimum atomic E-state index is -0.240. The lowest BCUT2D eigenvalue weighted by molar-refractivity contribution is 0.0268. The van der Waals surface area contributed by atoms with Gasteiger partial charge in [0, 0.05) is 25.5 Å². The van der Waals surface area contributed by atoms with Crippen LogP contribution in [0.25, 0.3) is 11.3 Å². The largest absolute Gasteiger partial charge is 0.480 e. The number of imidazole rings is 1. The molecule has 1 saturated heterocycles. The van der Waals surface area contributed by atoms with Gasteiger partial charge in [0.15, 0.2) is 5.60 Å². The van der Waals surface area contributed by atoms with Gasteiger partial charge < -0.3 is 14.6 Å². The molecule has 1 spiro atoms. The number of hydrogen-bond donors (Lipinski definition) is 1. The van der Waals surface area contributed by atoms with Crippen molar-refractivity contribution in [1.29, 1.82) is 0 Å². The lowest BCUT2D eigenvalue weighted by Crippen LogP contribution is -2.45. The van der Waals surface area contributed by atoms with Gasteiger partial charge in [0.2, 0.25) is 0 Å².